The smallest absolute Gasteiger partial charge is 0.410 e. The van der Waals surface area contributed by atoms with E-state index < -0.39 is 15.4 Å². The van der Waals surface area contributed by atoms with Gasteiger partial charge in [0.05, 0.1) is 11.8 Å². The fourth-order valence-corrected chi connectivity index (χ4v) is 4.07. The largest absolute Gasteiger partial charge is 0.444 e. The van der Waals surface area contributed by atoms with Gasteiger partial charge in [-0.25, -0.2) is 13.2 Å². The van der Waals surface area contributed by atoms with Crippen molar-refractivity contribution in [3.8, 4) is 0 Å². The zero-order chi connectivity index (χ0) is 20.9. The Labute approximate surface area is 169 Å². The molecule has 0 saturated carbocycles. The van der Waals surface area contributed by atoms with Crippen LogP contribution in [0.3, 0.4) is 0 Å². The maximum atomic E-state index is 12.6. The Morgan fingerprint density at radius 1 is 1.14 bits per heavy atom. The summed E-state index contributed by atoms with van der Waals surface area (Å²) >= 11 is 0. The van der Waals surface area contributed by atoms with Crippen molar-refractivity contribution in [2.45, 2.75) is 52.7 Å². The van der Waals surface area contributed by atoms with Crippen molar-refractivity contribution in [3.63, 3.8) is 0 Å². The molecule has 158 valence electrons. The number of hydrogen-bond acceptors (Lipinski definition) is 5. The molecule has 28 heavy (non-hydrogen) atoms. The van der Waals surface area contributed by atoms with E-state index in [2.05, 4.69) is 36.1 Å². The molecule has 1 saturated heterocycles. The number of sulfone groups is 1. The summed E-state index contributed by atoms with van der Waals surface area (Å²) in [5.41, 5.74) is 1.81. The summed E-state index contributed by atoms with van der Waals surface area (Å²) in [6, 6.07) is 8.33. The second kappa shape index (κ2) is 9.27. The van der Waals surface area contributed by atoms with Crippen LogP contribution in [0.15, 0.2) is 24.3 Å². The number of hydrogen-bond donors (Lipinski definition) is 0. The van der Waals surface area contributed by atoms with E-state index in [-0.39, 0.29) is 23.6 Å². The second-order valence-electron chi connectivity index (χ2n) is 8.31. The van der Waals surface area contributed by atoms with E-state index in [0.29, 0.717) is 26.2 Å². The highest BCUT2D eigenvalue weighted by molar-refractivity contribution is 7.91. The lowest BCUT2D eigenvalue weighted by Crippen LogP contribution is -2.52. The molecular weight excluding hydrogens is 376 g/mol. The van der Waals surface area contributed by atoms with Crippen LogP contribution in [0.1, 0.15) is 51.8 Å². The molecule has 1 aromatic carbocycles. The molecule has 1 heterocycles. The number of benzene rings is 1. The molecule has 0 spiro atoms. The Bertz CT molecular complexity index is 754. The fourth-order valence-electron chi connectivity index (χ4n) is 3.27. The van der Waals surface area contributed by atoms with Crippen molar-refractivity contribution in [1.82, 2.24) is 9.80 Å². The summed E-state index contributed by atoms with van der Waals surface area (Å²) in [6.07, 6.45) is 0.650. The lowest BCUT2D eigenvalue weighted by Gasteiger charge is -2.42. The number of nitrogens with zero attached hydrogens (tertiary/aromatic N) is 2. The van der Waals surface area contributed by atoms with Gasteiger partial charge in [-0.15, -0.1) is 0 Å². The van der Waals surface area contributed by atoms with Gasteiger partial charge in [0.15, 0.2) is 9.84 Å². The quantitative estimate of drug-likeness (QED) is 0.720. The van der Waals surface area contributed by atoms with Crippen LogP contribution in [0, 0.1) is 0 Å². The normalized spacial score (nSPS) is 18.9. The molecule has 0 radical (unpaired) electrons. The predicted octanol–water partition coefficient (Wildman–Crippen LogP) is 3.28. The van der Waals surface area contributed by atoms with Crippen molar-refractivity contribution in [3.05, 3.63) is 35.4 Å². The number of carbonyl (C=O) groups is 1. The van der Waals surface area contributed by atoms with Crippen molar-refractivity contribution in [2.24, 2.45) is 0 Å². The summed E-state index contributed by atoms with van der Waals surface area (Å²) < 4.78 is 29.5. The second-order valence-corrected chi connectivity index (χ2v) is 10.8. The van der Waals surface area contributed by atoms with E-state index in [0.717, 1.165) is 12.0 Å². The van der Waals surface area contributed by atoms with E-state index in [1.807, 2.05) is 20.8 Å². The number of carbonyl (C=O) groups excluding carboxylic acids is 1. The minimum atomic E-state index is -3.04. The maximum Gasteiger partial charge on any atom is 0.410 e. The number of aryl methyl sites for hydroxylation is 1. The zero-order valence-corrected chi connectivity index (χ0v) is 18.6. The Balaban J connectivity index is 2.19. The molecule has 1 aliphatic heterocycles. The zero-order valence-electron chi connectivity index (χ0n) is 17.8. The van der Waals surface area contributed by atoms with Crippen LogP contribution in [0.4, 0.5) is 4.79 Å². The van der Waals surface area contributed by atoms with Crippen molar-refractivity contribution < 1.29 is 17.9 Å². The summed E-state index contributed by atoms with van der Waals surface area (Å²) in [5, 5.41) is 0. The summed E-state index contributed by atoms with van der Waals surface area (Å²) in [4.78, 5) is 16.5. The van der Waals surface area contributed by atoms with Gasteiger partial charge in [0, 0.05) is 31.9 Å². The first-order valence-electron chi connectivity index (χ1n) is 10.1. The molecule has 1 unspecified atom stereocenters. The van der Waals surface area contributed by atoms with Gasteiger partial charge in [0.1, 0.15) is 5.60 Å². The molecule has 1 aliphatic rings. The van der Waals surface area contributed by atoms with Gasteiger partial charge in [-0.1, -0.05) is 38.1 Å². The van der Waals surface area contributed by atoms with E-state index in [1.165, 1.54) is 5.56 Å². The number of amides is 1. The molecule has 0 bridgehead atoms. The van der Waals surface area contributed by atoms with Crippen LogP contribution in [-0.2, 0) is 21.0 Å². The fraction of sp³-hybridized carbons (Fsp3) is 0.667. The van der Waals surface area contributed by atoms with Gasteiger partial charge in [0.25, 0.3) is 0 Å². The molecule has 1 amide bonds. The minimum Gasteiger partial charge on any atom is -0.444 e. The molecule has 0 aromatic heterocycles. The van der Waals surface area contributed by atoms with Gasteiger partial charge in [-0.05, 0) is 38.3 Å². The van der Waals surface area contributed by atoms with Gasteiger partial charge in [0.2, 0.25) is 0 Å². The topological polar surface area (TPSA) is 66.9 Å². The molecule has 2 rings (SSSR count). The molecule has 1 aromatic rings. The first-order chi connectivity index (χ1) is 13.0. The predicted molar refractivity (Wildman–Crippen MR) is 112 cm³/mol. The third-order valence-electron chi connectivity index (χ3n) is 5.04. The van der Waals surface area contributed by atoms with E-state index >= 15 is 0 Å². The third-order valence-corrected chi connectivity index (χ3v) is 6.73. The summed E-state index contributed by atoms with van der Waals surface area (Å²) in [5.74, 6) is 0.292. The summed E-state index contributed by atoms with van der Waals surface area (Å²) in [6.45, 7) is 11.5. The first-order valence-corrected chi connectivity index (χ1v) is 11.9. The number of rotatable bonds is 6. The third kappa shape index (κ3) is 6.48. The Morgan fingerprint density at radius 3 is 2.32 bits per heavy atom. The van der Waals surface area contributed by atoms with Crippen LogP contribution >= 0.6 is 0 Å². The molecular formula is C21H34N2O4S. The van der Waals surface area contributed by atoms with Gasteiger partial charge in [-0.2, -0.15) is 0 Å². The van der Waals surface area contributed by atoms with Gasteiger partial charge in [-0.3, -0.25) is 4.90 Å². The number of piperazine rings is 1. The van der Waals surface area contributed by atoms with Crippen molar-refractivity contribution in [2.75, 3.05) is 37.7 Å². The maximum absolute atomic E-state index is 12.6. The van der Waals surface area contributed by atoms with Crippen LogP contribution < -0.4 is 0 Å². The molecule has 6 nitrogen and oxygen atoms in total. The molecule has 0 N–H and O–H groups in total. The van der Waals surface area contributed by atoms with E-state index in [1.54, 1.807) is 11.8 Å². The van der Waals surface area contributed by atoms with Crippen molar-refractivity contribution in [1.29, 1.82) is 0 Å². The number of ether oxygens (including phenoxy) is 1. The Hall–Kier alpha value is -1.60. The van der Waals surface area contributed by atoms with Crippen LogP contribution in [0.5, 0.6) is 0 Å². The van der Waals surface area contributed by atoms with Gasteiger partial charge >= 0.3 is 6.09 Å². The average molecular weight is 411 g/mol. The minimum absolute atomic E-state index is 0.0424. The van der Waals surface area contributed by atoms with Crippen LogP contribution in [0.2, 0.25) is 0 Å². The highest BCUT2D eigenvalue weighted by atomic mass is 32.2. The molecule has 0 aliphatic carbocycles. The van der Waals surface area contributed by atoms with Crippen LogP contribution in [0.25, 0.3) is 0 Å². The Morgan fingerprint density at radius 2 is 1.79 bits per heavy atom. The summed E-state index contributed by atoms with van der Waals surface area (Å²) in [7, 11) is -3.04. The lowest BCUT2D eigenvalue weighted by molar-refractivity contribution is 0.00438. The highest BCUT2D eigenvalue weighted by Gasteiger charge is 2.33. The van der Waals surface area contributed by atoms with Crippen molar-refractivity contribution >= 4 is 15.9 Å². The average Bonchev–Trinajstić information content (AvgIpc) is 2.65. The highest BCUT2D eigenvalue weighted by Crippen LogP contribution is 2.27. The molecule has 1 atom stereocenters. The standard InChI is InChI=1S/C21H34N2O4S/c1-6-17-8-10-18(11-9-17)19-16-23(20(24)27-21(3,4)5)13-12-22(19)14-15-28(25,26)7-2/h8-11,19H,6-7,12-16H2,1-5H3. The van der Waals surface area contributed by atoms with Gasteiger partial charge < -0.3 is 9.64 Å². The molecule has 1 fully saturated rings. The monoisotopic (exact) mass is 410 g/mol. The molecule has 7 heteroatoms. The Kier molecular flexibility index (Phi) is 7.51. The first kappa shape index (κ1) is 22.7. The van der Waals surface area contributed by atoms with E-state index in [9.17, 15) is 13.2 Å². The van der Waals surface area contributed by atoms with Crippen LogP contribution in [-0.4, -0.2) is 67.6 Å². The lowest BCUT2D eigenvalue weighted by atomic mass is 10.0. The van der Waals surface area contributed by atoms with E-state index in [4.69, 9.17) is 4.74 Å². The SMILES string of the molecule is CCc1ccc(C2CN(C(=O)OC(C)(C)C)CCN2CCS(=O)(=O)CC)cc1.